The summed E-state index contributed by atoms with van der Waals surface area (Å²) in [7, 11) is -2.35. The minimum Gasteiger partial charge on any atom is -0.358 e. The van der Waals surface area contributed by atoms with Crippen LogP contribution >= 0.6 is 0 Å². The number of pyridine rings is 1. The van der Waals surface area contributed by atoms with Gasteiger partial charge >= 0.3 is 0 Å². The Morgan fingerprint density at radius 3 is 2.47 bits per heavy atom. The molecule has 2 aliphatic rings. The van der Waals surface area contributed by atoms with Crippen molar-refractivity contribution in [2.45, 2.75) is 37.2 Å². The summed E-state index contributed by atoms with van der Waals surface area (Å²) in [6.45, 7) is 3.14. The molecular weight excluding hydrogens is 428 g/mol. The second kappa shape index (κ2) is 8.63. The first-order valence-corrected chi connectivity index (χ1v) is 12.2. The summed E-state index contributed by atoms with van der Waals surface area (Å²) in [6, 6.07) is 11.1. The van der Waals surface area contributed by atoms with Crippen molar-refractivity contribution < 1.29 is 18.0 Å². The minimum atomic E-state index is -3.86. The average molecular weight is 457 g/mol. The van der Waals surface area contributed by atoms with Gasteiger partial charge in [0.25, 0.3) is 0 Å². The van der Waals surface area contributed by atoms with Gasteiger partial charge < -0.3 is 10.2 Å². The molecule has 1 saturated carbocycles. The van der Waals surface area contributed by atoms with Crippen LogP contribution in [0.15, 0.2) is 59.8 Å². The normalized spacial score (nSPS) is 24.9. The number of carbonyl (C=O) groups excluding carboxylic acids is 2. The molecule has 8 nitrogen and oxygen atoms in total. The first-order chi connectivity index (χ1) is 15.3. The lowest BCUT2D eigenvalue weighted by Crippen LogP contribution is -2.44. The Labute approximate surface area is 188 Å². The topological polar surface area (TPSA) is 99.7 Å². The predicted octanol–water partition coefficient (Wildman–Crippen LogP) is 1.65. The highest BCUT2D eigenvalue weighted by atomic mass is 32.2. The van der Waals surface area contributed by atoms with Gasteiger partial charge in [-0.25, -0.2) is 8.42 Å². The van der Waals surface area contributed by atoms with Gasteiger partial charge in [-0.15, -0.1) is 0 Å². The summed E-state index contributed by atoms with van der Waals surface area (Å²) >= 11 is 0. The molecular formula is C23H28N4O4S. The monoisotopic (exact) mass is 456 g/mol. The van der Waals surface area contributed by atoms with Crippen LogP contribution in [0.4, 0.5) is 0 Å². The lowest BCUT2D eigenvalue weighted by molar-refractivity contribution is -0.134. The van der Waals surface area contributed by atoms with E-state index in [1.54, 1.807) is 35.5 Å². The van der Waals surface area contributed by atoms with Crippen LogP contribution in [0.25, 0.3) is 0 Å². The molecule has 2 aromatic rings. The van der Waals surface area contributed by atoms with E-state index in [2.05, 4.69) is 10.3 Å². The van der Waals surface area contributed by atoms with E-state index in [-0.39, 0.29) is 29.2 Å². The molecule has 2 heterocycles. The van der Waals surface area contributed by atoms with Gasteiger partial charge in [0.15, 0.2) is 0 Å². The first kappa shape index (κ1) is 22.4. The summed E-state index contributed by atoms with van der Waals surface area (Å²) in [5, 5.41) is 2.59. The highest BCUT2D eigenvalue weighted by Gasteiger charge is 2.66. The third kappa shape index (κ3) is 4.02. The van der Waals surface area contributed by atoms with Gasteiger partial charge in [-0.05, 0) is 55.0 Å². The van der Waals surface area contributed by atoms with E-state index in [0.717, 1.165) is 5.56 Å². The third-order valence-electron chi connectivity index (χ3n) is 6.62. The number of amides is 2. The molecule has 2 fully saturated rings. The Balaban J connectivity index is 1.56. The van der Waals surface area contributed by atoms with Gasteiger partial charge in [0.05, 0.1) is 4.90 Å². The van der Waals surface area contributed by atoms with Crippen LogP contribution in [0.2, 0.25) is 0 Å². The smallest absolute Gasteiger partial charge is 0.243 e. The molecule has 2 amide bonds. The molecule has 0 bridgehead atoms. The Kier molecular flexibility index (Phi) is 6.05. The second-order valence-electron chi connectivity index (χ2n) is 8.52. The number of carbonyl (C=O) groups is 2. The second-order valence-corrected chi connectivity index (χ2v) is 10.4. The van der Waals surface area contributed by atoms with E-state index in [1.807, 2.05) is 19.1 Å². The van der Waals surface area contributed by atoms with Gasteiger partial charge in [0, 0.05) is 45.0 Å². The number of hydrogen-bond acceptors (Lipinski definition) is 5. The van der Waals surface area contributed by atoms with E-state index in [9.17, 15) is 18.0 Å². The maximum atomic E-state index is 13.3. The molecule has 1 aromatic carbocycles. The van der Waals surface area contributed by atoms with E-state index < -0.39 is 21.5 Å². The van der Waals surface area contributed by atoms with Crippen LogP contribution in [-0.4, -0.2) is 60.6 Å². The quantitative estimate of drug-likeness (QED) is 0.683. The number of rotatable bonds is 7. The van der Waals surface area contributed by atoms with E-state index >= 15 is 0 Å². The van der Waals surface area contributed by atoms with Crippen molar-refractivity contribution in [1.29, 1.82) is 0 Å². The maximum Gasteiger partial charge on any atom is 0.243 e. The van der Waals surface area contributed by atoms with Crippen molar-refractivity contribution in [1.82, 2.24) is 19.5 Å². The maximum absolute atomic E-state index is 13.3. The van der Waals surface area contributed by atoms with Crippen LogP contribution in [0, 0.1) is 11.3 Å². The summed E-state index contributed by atoms with van der Waals surface area (Å²) in [5.41, 5.74) is 0.495. The fourth-order valence-electron chi connectivity index (χ4n) is 4.71. The number of benzene rings is 1. The largest absolute Gasteiger partial charge is 0.358 e. The van der Waals surface area contributed by atoms with Crippen molar-refractivity contribution in [3.63, 3.8) is 0 Å². The van der Waals surface area contributed by atoms with Crippen LogP contribution in [-0.2, 0) is 26.2 Å². The van der Waals surface area contributed by atoms with Crippen molar-refractivity contribution in [3.05, 3.63) is 60.4 Å². The summed E-state index contributed by atoms with van der Waals surface area (Å²) < 4.78 is 28.0. The van der Waals surface area contributed by atoms with Gasteiger partial charge in [-0.2, -0.15) is 4.31 Å². The van der Waals surface area contributed by atoms with Crippen LogP contribution in [0.3, 0.4) is 0 Å². The molecule has 32 heavy (non-hydrogen) atoms. The molecule has 3 atom stereocenters. The molecule has 0 radical (unpaired) electrons. The molecule has 1 aliphatic carbocycles. The van der Waals surface area contributed by atoms with E-state index in [1.165, 1.54) is 23.5 Å². The Bertz CT molecular complexity index is 1090. The molecule has 0 unspecified atom stereocenters. The van der Waals surface area contributed by atoms with Crippen molar-refractivity contribution in [2.75, 3.05) is 20.1 Å². The summed E-state index contributed by atoms with van der Waals surface area (Å²) in [5.74, 6) is -0.616. The predicted molar refractivity (Wildman–Crippen MR) is 119 cm³/mol. The Morgan fingerprint density at radius 2 is 1.84 bits per heavy atom. The van der Waals surface area contributed by atoms with Crippen LogP contribution in [0.1, 0.15) is 25.3 Å². The summed E-state index contributed by atoms with van der Waals surface area (Å²) in [4.78, 5) is 31.9. The molecule has 9 heteroatoms. The van der Waals surface area contributed by atoms with E-state index in [4.69, 9.17) is 0 Å². The average Bonchev–Trinajstić information content (AvgIpc) is 3.38. The van der Waals surface area contributed by atoms with Gasteiger partial charge in [-0.3, -0.25) is 14.6 Å². The molecule has 1 saturated heterocycles. The highest BCUT2D eigenvalue weighted by molar-refractivity contribution is 7.89. The number of sulfonamides is 1. The number of hydrogen-bond donors (Lipinski definition) is 1. The number of likely N-dealkylation sites (N-methyl/N-ethyl adjacent to an activating group) is 1. The van der Waals surface area contributed by atoms with E-state index in [0.29, 0.717) is 25.9 Å². The lowest BCUT2D eigenvalue weighted by atomic mass is 9.98. The molecule has 1 aromatic heterocycles. The zero-order valence-electron chi connectivity index (χ0n) is 18.3. The lowest BCUT2D eigenvalue weighted by Gasteiger charge is -2.23. The fraction of sp³-hybridized carbons (Fsp3) is 0.435. The van der Waals surface area contributed by atoms with Gasteiger partial charge in [0.1, 0.15) is 6.04 Å². The third-order valence-corrected chi connectivity index (χ3v) is 8.49. The number of nitrogens with one attached hydrogen (secondary N) is 1. The fourth-order valence-corrected chi connectivity index (χ4v) is 6.42. The zero-order valence-corrected chi connectivity index (χ0v) is 19.1. The summed E-state index contributed by atoms with van der Waals surface area (Å²) in [6.07, 6.45) is 4.34. The van der Waals surface area contributed by atoms with Gasteiger partial charge in [0.2, 0.25) is 21.8 Å². The molecule has 1 spiro atoms. The van der Waals surface area contributed by atoms with Crippen molar-refractivity contribution in [3.8, 4) is 0 Å². The van der Waals surface area contributed by atoms with Crippen molar-refractivity contribution >= 4 is 21.8 Å². The van der Waals surface area contributed by atoms with Crippen molar-refractivity contribution in [2.24, 2.45) is 11.3 Å². The zero-order chi connectivity index (χ0) is 22.9. The SMILES string of the molecule is CCN(Cc1ccncc1)C(=O)[C@H]1C[C@@]12C[C@@H](C(=O)NC)N(S(=O)(=O)c1ccccc1)C2. The minimum absolute atomic E-state index is 0.0129. The Hall–Kier alpha value is -2.78. The highest BCUT2D eigenvalue weighted by Crippen LogP contribution is 2.61. The number of nitrogens with zero attached hydrogens (tertiary/aromatic N) is 3. The molecule has 170 valence electrons. The number of aromatic nitrogens is 1. The molecule has 1 N–H and O–H groups in total. The first-order valence-electron chi connectivity index (χ1n) is 10.8. The standard InChI is InChI=1S/C23H28N4O4S/c1-3-26(15-17-9-11-25-12-10-17)22(29)19-13-23(19)14-20(21(28)24-2)27(16-23)32(30,31)18-7-5-4-6-8-18/h4-12,19-20H,3,13-16H2,1-2H3,(H,24,28)/t19-,20+,23+/m1/s1. The molecule has 1 aliphatic heterocycles. The van der Waals surface area contributed by atoms with Crippen LogP contribution < -0.4 is 5.32 Å². The molecule has 4 rings (SSSR count). The Morgan fingerprint density at radius 1 is 1.16 bits per heavy atom. The van der Waals surface area contributed by atoms with Gasteiger partial charge in [-0.1, -0.05) is 18.2 Å². The van der Waals surface area contributed by atoms with Crippen LogP contribution in [0.5, 0.6) is 0 Å².